The van der Waals surface area contributed by atoms with Crippen LogP contribution in [0.2, 0.25) is 0 Å². The molecule has 0 unspecified atom stereocenters. The number of rotatable bonds is 7. The second kappa shape index (κ2) is 7.43. The average molecular weight is 337 g/mol. The Morgan fingerprint density at radius 3 is 2.43 bits per heavy atom. The van der Waals surface area contributed by atoms with E-state index in [0.717, 1.165) is 4.31 Å². The molecule has 23 heavy (non-hydrogen) atoms. The molecule has 0 saturated carbocycles. The molecule has 0 radical (unpaired) electrons. The summed E-state index contributed by atoms with van der Waals surface area (Å²) in [7, 11) is -3.84. The zero-order chi connectivity index (χ0) is 16.9. The molecule has 0 spiro atoms. The van der Waals surface area contributed by atoms with Crippen molar-refractivity contribution >= 4 is 16.0 Å². The minimum Gasteiger partial charge on any atom is -0.468 e. The Hall–Kier alpha value is -2.12. The summed E-state index contributed by atoms with van der Waals surface area (Å²) in [4.78, 5) is 12.0. The summed E-state index contributed by atoms with van der Waals surface area (Å²) in [5, 5.41) is 0. The summed E-state index contributed by atoms with van der Waals surface area (Å²) in [6.45, 7) is 2.99. The van der Waals surface area contributed by atoms with E-state index in [2.05, 4.69) is 0 Å². The molecule has 1 aromatic heterocycles. The molecule has 0 saturated heterocycles. The molecule has 0 aliphatic heterocycles. The molecule has 124 valence electrons. The van der Waals surface area contributed by atoms with Gasteiger partial charge in [-0.25, -0.2) is 8.42 Å². The van der Waals surface area contributed by atoms with Gasteiger partial charge in [-0.3, -0.25) is 4.79 Å². The van der Waals surface area contributed by atoms with Crippen molar-refractivity contribution in [2.75, 3.05) is 6.54 Å². The van der Waals surface area contributed by atoms with Gasteiger partial charge < -0.3 is 9.15 Å². The van der Waals surface area contributed by atoms with E-state index in [-0.39, 0.29) is 24.1 Å². The van der Waals surface area contributed by atoms with Crippen LogP contribution in [0.1, 0.15) is 19.6 Å². The lowest BCUT2D eigenvalue weighted by atomic mass is 10.4. The maximum Gasteiger partial charge on any atom is 0.321 e. The average Bonchev–Trinajstić information content (AvgIpc) is 2.99. The fraction of sp³-hybridized carbons (Fsp3) is 0.312. The Labute approximate surface area is 135 Å². The summed E-state index contributed by atoms with van der Waals surface area (Å²) in [6, 6.07) is 11.3. The molecule has 0 bridgehead atoms. The number of sulfonamides is 1. The number of ether oxygens (including phenoxy) is 1. The van der Waals surface area contributed by atoms with Gasteiger partial charge in [-0.2, -0.15) is 4.31 Å². The van der Waals surface area contributed by atoms with Crippen molar-refractivity contribution in [3.05, 3.63) is 54.5 Å². The van der Waals surface area contributed by atoms with Crippen molar-refractivity contribution in [3.8, 4) is 0 Å². The largest absolute Gasteiger partial charge is 0.468 e. The highest BCUT2D eigenvalue weighted by Crippen LogP contribution is 2.18. The maximum atomic E-state index is 12.8. The number of hydrogen-bond donors (Lipinski definition) is 0. The van der Waals surface area contributed by atoms with E-state index < -0.39 is 16.0 Å². The second-order valence-electron chi connectivity index (χ2n) is 5.20. The maximum absolute atomic E-state index is 12.8. The molecule has 2 aromatic rings. The molecular formula is C16H19NO5S. The van der Waals surface area contributed by atoms with Crippen LogP contribution >= 0.6 is 0 Å². The summed E-state index contributed by atoms with van der Waals surface area (Å²) in [5.74, 6) is -0.159. The van der Waals surface area contributed by atoms with Crippen molar-refractivity contribution in [2.45, 2.75) is 31.4 Å². The zero-order valence-corrected chi connectivity index (χ0v) is 13.8. The Morgan fingerprint density at radius 2 is 1.87 bits per heavy atom. The Balaban J connectivity index is 2.27. The smallest absolute Gasteiger partial charge is 0.321 e. The van der Waals surface area contributed by atoms with Crippen LogP contribution in [-0.4, -0.2) is 31.3 Å². The molecule has 0 aliphatic rings. The van der Waals surface area contributed by atoms with Gasteiger partial charge in [0.15, 0.2) is 0 Å². The molecule has 7 heteroatoms. The van der Waals surface area contributed by atoms with E-state index in [1.807, 2.05) is 0 Å². The highest BCUT2D eigenvalue weighted by molar-refractivity contribution is 7.89. The quantitative estimate of drug-likeness (QED) is 0.725. The third-order valence-corrected chi connectivity index (χ3v) is 4.77. The number of hydrogen-bond acceptors (Lipinski definition) is 5. The van der Waals surface area contributed by atoms with Gasteiger partial charge >= 0.3 is 5.97 Å². The van der Waals surface area contributed by atoms with Gasteiger partial charge in [-0.05, 0) is 38.1 Å². The van der Waals surface area contributed by atoms with Crippen LogP contribution in [0.5, 0.6) is 0 Å². The van der Waals surface area contributed by atoms with Crippen LogP contribution in [0.25, 0.3) is 0 Å². The molecule has 2 rings (SSSR count). The topological polar surface area (TPSA) is 76.8 Å². The summed E-state index contributed by atoms with van der Waals surface area (Å²) in [5.41, 5.74) is 0. The van der Waals surface area contributed by atoms with Crippen LogP contribution in [0.4, 0.5) is 0 Å². The molecule has 0 fully saturated rings. The summed E-state index contributed by atoms with van der Waals surface area (Å²) < 4.78 is 36.8. The molecule has 1 aromatic carbocycles. The monoisotopic (exact) mass is 337 g/mol. The Morgan fingerprint density at radius 1 is 1.17 bits per heavy atom. The predicted molar refractivity (Wildman–Crippen MR) is 84.0 cm³/mol. The normalized spacial score (nSPS) is 11.8. The third kappa shape index (κ3) is 4.67. The highest BCUT2D eigenvalue weighted by atomic mass is 32.2. The second-order valence-corrected chi connectivity index (χ2v) is 7.14. The lowest BCUT2D eigenvalue weighted by molar-refractivity contribution is -0.147. The van der Waals surface area contributed by atoms with Gasteiger partial charge in [0, 0.05) is 0 Å². The molecule has 0 aliphatic carbocycles. The van der Waals surface area contributed by atoms with E-state index in [1.54, 1.807) is 44.2 Å². The fourth-order valence-electron chi connectivity index (χ4n) is 1.99. The first-order valence-corrected chi connectivity index (χ1v) is 8.60. The zero-order valence-electron chi connectivity index (χ0n) is 13.0. The third-order valence-electron chi connectivity index (χ3n) is 2.97. The van der Waals surface area contributed by atoms with Gasteiger partial charge in [0.2, 0.25) is 10.0 Å². The van der Waals surface area contributed by atoms with E-state index in [4.69, 9.17) is 9.15 Å². The Bertz CT molecular complexity index is 723. The van der Waals surface area contributed by atoms with E-state index in [9.17, 15) is 13.2 Å². The van der Waals surface area contributed by atoms with Crippen molar-refractivity contribution in [1.29, 1.82) is 0 Å². The van der Waals surface area contributed by atoms with Crippen molar-refractivity contribution in [1.82, 2.24) is 4.31 Å². The summed E-state index contributed by atoms with van der Waals surface area (Å²) >= 11 is 0. The lowest BCUT2D eigenvalue weighted by Gasteiger charge is -2.21. The van der Waals surface area contributed by atoms with Crippen LogP contribution in [0.3, 0.4) is 0 Å². The van der Waals surface area contributed by atoms with Gasteiger partial charge in [0.05, 0.1) is 23.8 Å². The van der Waals surface area contributed by atoms with Crippen LogP contribution in [0, 0.1) is 0 Å². The number of benzene rings is 1. The lowest BCUT2D eigenvalue weighted by Crippen LogP contribution is -2.36. The molecule has 0 amide bonds. The van der Waals surface area contributed by atoms with Gasteiger partial charge in [0.1, 0.15) is 12.3 Å². The molecular weight excluding hydrogens is 318 g/mol. The van der Waals surface area contributed by atoms with Crippen molar-refractivity contribution in [2.24, 2.45) is 0 Å². The SMILES string of the molecule is CC(C)OC(=O)CN(Cc1ccco1)S(=O)(=O)c1ccccc1. The van der Waals surface area contributed by atoms with Crippen molar-refractivity contribution in [3.63, 3.8) is 0 Å². The van der Waals surface area contributed by atoms with Gasteiger partial charge in [-0.15, -0.1) is 0 Å². The molecule has 0 N–H and O–H groups in total. The molecule has 1 heterocycles. The van der Waals surface area contributed by atoms with E-state index in [1.165, 1.54) is 18.4 Å². The predicted octanol–water partition coefficient (Wildman–Crippen LogP) is 2.42. The fourth-order valence-corrected chi connectivity index (χ4v) is 3.36. The van der Waals surface area contributed by atoms with Crippen molar-refractivity contribution < 1.29 is 22.4 Å². The first kappa shape index (κ1) is 17.2. The number of carbonyl (C=O) groups is 1. The highest BCUT2D eigenvalue weighted by Gasteiger charge is 2.28. The number of carbonyl (C=O) groups excluding carboxylic acids is 1. The van der Waals surface area contributed by atoms with Gasteiger partial charge in [0.25, 0.3) is 0 Å². The Kier molecular flexibility index (Phi) is 5.57. The first-order chi connectivity index (χ1) is 10.9. The van der Waals surface area contributed by atoms with Crippen LogP contribution in [0.15, 0.2) is 58.0 Å². The molecule has 6 nitrogen and oxygen atoms in total. The first-order valence-electron chi connectivity index (χ1n) is 7.16. The van der Waals surface area contributed by atoms with Gasteiger partial charge in [-0.1, -0.05) is 18.2 Å². The number of furan rings is 1. The minimum absolute atomic E-state index is 0.0442. The molecule has 0 atom stereocenters. The van der Waals surface area contributed by atoms with E-state index >= 15 is 0 Å². The van der Waals surface area contributed by atoms with Crippen LogP contribution < -0.4 is 0 Å². The number of esters is 1. The minimum atomic E-state index is -3.84. The van der Waals surface area contributed by atoms with E-state index in [0.29, 0.717) is 5.76 Å². The standard InChI is InChI=1S/C16H19NO5S/c1-13(2)22-16(18)12-17(11-14-7-6-10-21-14)23(19,20)15-8-4-3-5-9-15/h3-10,13H,11-12H2,1-2H3. The van der Waals surface area contributed by atoms with Crippen LogP contribution in [-0.2, 0) is 26.1 Å². The number of nitrogens with zero attached hydrogens (tertiary/aromatic N) is 1. The summed E-state index contributed by atoms with van der Waals surface area (Å²) in [6.07, 6.45) is 1.14.